The zero-order valence-corrected chi connectivity index (χ0v) is 10.6. The number of carbonyl (C=O) groups is 2. The maximum absolute atomic E-state index is 13.4. The Labute approximate surface area is 114 Å². The number of hydrogen-bond donors (Lipinski definition) is 1. The SMILES string of the molecule is O=C1CN(/N=C2/CCCOc3ccc(F)cc32)C(=O)N1. The summed E-state index contributed by atoms with van der Waals surface area (Å²) >= 11 is 0. The number of carbonyl (C=O) groups excluding carboxylic acids is 2. The summed E-state index contributed by atoms with van der Waals surface area (Å²) < 4.78 is 18.9. The van der Waals surface area contributed by atoms with Gasteiger partial charge in [0, 0.05) is 5.56 Å². The molecule has 2 heterocycles. The van der Waals surface area contributed by atoms with Gasteiger partial charge in [0.1, 0.15) is 18.1 Å². The summed E-state index contributed by atoms with van der Waals surface area (Å²) in [5.41, 5.74) is 1.07. The van der Waals surface area contributed by atoms with Gasteiger partial charge in [-0.3, -0.25) is 10.1 Å². The molecule has 7 heteroatoms. The lowest BCUT2D eigenvalue weighted by molar-refractivity contribution is -0.118. The first-order chi connectivity index (χ1) is 9.63. The second kappa shape index (κ2) is 4.92. The van der Waals surface area contributed by atoms with E-state index in [1.807, 2.05) is 0 Å². The molecular weight excluding hydrogens is 265 g/mol. The van der Waals surface area contributed by atoms with Gasteiger partial charge in [0.25, 0.3) is 0 Å². The van der Waals surface area contributed by atoms with E-state index in [9.17, 15) is 14.0 Å². The molecule has 1 N–H and O–H groups in total. The van der Waals surface area contributed by atoms with Crippen LogP contribution in [0.5, 0.6) is 5.75 Å². The van der Waals surface area contributed by atoms with E-state index in [-0.39, 0.29) is 6.54 Å². The number of ether oxygens (including phenoxy) is 1. The van der Waals surface area contributed by atoms with Crippen molar-refractivity contribution in [3.05, 3.63) is 29.6 Å². The van der Waals surface area contributed by atoms with Crippen molar-refractivity contribution in [1.82, 2.24) is 10.3 Å². The summed E-state index contributed by atoms with van der Waals surface area (Å²) in [6, 6.07) is 3.62. The lowest BCUT2D eigenvalue weighted by Crippen LogP contribution is -2.25. The van der Waals surface area contributed by atoms with Crippen molar-refractivity contribution in [2.24, 2.45) is 5.10 Å². The smallest absolute Gasteiger partial charge is 0.345 e. The van der Waals surface area contributed by atoms with Crippen molar-refractivity contribution in [2.45, 2.75) is 12.8 Å². The van der Waals surface area contributed by atoms with E-state index in [1.54, 1.807) is 6.07 Å². The van der Waals surface area contributed by atoms with Crippen LogP contribution in [-0.4, -0.2) is 35.8 Å². The average Bonchev–Trinajstić information content (AvgIpc) is 2.60. The number of nitrogens with one attached hydrogen (secondary N) is 1. The van der Waals surface area contributed by atoms with Crippen LogP contribution in [0.3, 0.4) is 0 Å². The molecular formula is C13H12FN3O3. The van der Waals surface area contributed by atoms with Crippen LogP contribution in [0, 0.1) is 5.82 Å². The molecule has 0 spiro atoms. The van der Waals surface area contributed by atoms with Crippen LogP contribution in [0.2, 0.25) is 0 Å². The second-order valence-electron chi connectivity index (χ2n) is 4.55. The number of hydrogen-bond acceptors (Lipinski definition) is 4. The highest BCUT2D eigenvalue weighted by atomic mass is 19.1. The predicted octanol–water partition coefficient (Wildman–Crippen LogP) is 1.25. The quantitative estimate of drug-likeness (QED) is 0.785. The summed E-state index contributed by atoms with van der Waals surface area (Å²) in [5, 5.41) is 7.38. The zero-order valence-electron chi connectivity index (χ0n) is 10.6. The predicted molar refractivity (Wildman–Crippen MR) is 67.9 cm³/mol. The number of hydrazone groups is 1. The Balaban J connectivity index is 1.99. The molecule has 1 aromatic rings. The summed E-state index contributed by atoms with van der Waals surface area (Å²) in [6.45, 7) is 0.386. The van der Waals surface area contributed by atoms with Gasteiger partial charge in [-0.15, -0.1) is 0 Å². The molecule has 2 aliphatic heterocycles. The molecule has 3 rings (SSSR count). The number of rotatable bonds is 1. The molecule has 0 unspecified atom stereocenters. The van der Waals surface area contributed by atoms with Gasteiger partial charge in [-0.2, -0.15) is 5.10 Å². The van der Waals surface area contributed by atoms with Crippen LogP contribution in [0.25, 0.3) is 0 Å². The van der Waals surface area contributed by atoms with E-state index in [1.165, 1.54) is 12.1 Å². The number of fused-ring (bicyclic) bond motifs is 1. The molecule has 2 aliphatic rings. The Kier molecular flexibility index (Phi) is 3.09. The van der Waals surface area contributed by atoms with Crippen LogP contribution < -0.4 is 10.1 Å². The molecule has 0 aliphatic carbocycles. The highest BCUT2D eigenvalue weighted by Crippen LogP contribution is 2.26. The largest absolute Gasteiger partial charge is 0.493 e. The fourth-order valence-corrected chi connectivity index (χ4v) is 2.17. The molecule has 20 heavy (non-hydrogen) atoms. The van der Waals surface area contributed by atoms with Crippen molar-refractivity contribution in [3.8, 4) is 5.75 Å². The van der Waals surface area contributed by atoms with Crippen LogP contribution in [0.1, 0.15) is 18.4 Å². The summed E-state index contributed by atoms with van der Waals surface area (Å²) in [6.07, 6.45) is 1.26. The van der Waals surface area contributed by atoms with Crippen molar-refractivity contribution in [2.75, 3.05) is 13.2 Å². The molecule has 0 atom stereocenters. The van der Waals surface area contributed by atoms with Crippen LogP contribution in [0.4, 0.5) is 9.18 Å². The van der Waals surface area contributed by atoms with E-state index in [4.69, 9.17) is 4.74 Å². The van der Waals surface area contributed by atoms with Gasteiger partial charge in [0.2, 0.25) is 5.91 Å². The topological polar surface area (TPSA) is 71.0 Å². The molecule has 0 aromatic heterocycles. The Morgan fingerprint density at radius 3 is 2.95 bits per heavy atom. The third-order valence-corrected chi connectivity index (χ3v) is 3.08. The van der Waals surface area contributed by atoms with Crippen LogP contribution in [-0.2, 0) is 4.79 Å². The minimum absolute atomic E-state index is 0.117. The van der Waals surface area contributed by atoms with E-state index in [2.05, 4.69) is 10.4 Å². The Morgan fingerprint density at radius 1 is 1.35 bits per heavy atom. The fraction of sp³-hybridized carbons (Fsp3) is 0.308. The van der Waals surface area contributed by atoms with Gasteiger partial charge >= 0.3 is 6.03 Å². The minimum Gasteiger partial charge on any atom is -0.493 e. The molecule has 3 amide bonds. The van der Waals surface area contributed by atoms with Gasteiger partial charge in [-0.25, -0.2) is 14.2 Å². The van der Waals surface area contributed by atoms with Crippen LogP contribution in [0.15, 0.2) is 23.3 Å². The van der Waals surface area contributed by atoms with Crippen molar-refractivity contribution in [3.63, 3.8) is 0 Å². The number of halogens is 1. The first-order valence-corrected chi connectivity index (χ1v) is 6.25. The van der Waals surface area contributed by atoms with Gasteiger partial charge in [-0.05, 0) is 31.0 Å². The van der Waals surface area contributed by atoms with E-state index in [0.29, 0.717) is 36.5 Å². The molecule has 1 fully saturated rings. The number of imide groups is 1. The maximum Gasteiger partial charge on any atom is 0.345 e. The zero-order chi connectivity index (χ0) is 14.1. The highest BCUT2D eigenvalue weighted by Gasteiger charge is 2.28. The van der Waals surface area contributed by atoms with Gasteiger partial charge in [0.15, 0.2) is 0 Å². The van der Waals surface area contributed by atoms with Crippen molar-refractivity contribution < 1.29 is 18.7 Å². The van der Waals surface area contributed by atoms with Crippen molar-refractivity contribution >= 4 is 17.6 Å². The second-order valence-corrected chi connectivity index (χ2v) is 4.55. The lowest BCUT2D eigenvalue weighted by Gasteiger charge is -2.11. The normalized spacial score (nSPS) is 20.4. The van der Waals surface area contributed by atoms with E-state index >= 15 is 0 Å². The monoisotopic (exact) mass is 277 g/mol. The lowest BCUT2D eigenvalue weighted by atomic mass is 10.1. The molecule has 6 nitrogen and oxygen atoms in total. The first kappa shape index (κ1) is 12.6. The molecule has 0 bridgehead atoms. The van der Waals surface area contributed by atoms with Gasteiger partial charge in [0.05, 0.1) is 12.3 Å². The number of nitrogens with zero attached hydrogens (tertiary/aromatic N) is 2. The standard InChI is InChI=1S/C13H12FN3O3/c14-8-3-4-11-9(6-8)10(2-1-5-20-11)16-17-7-12(18)15-13(17)19/h3-4,6H,1-2,5,7H2,(H,15,18,19)/b16-10-. The van der Waals surface area contributed by atoms with Crippen molar-refractivity contribution in [1.29, 1.82) is 0 Å². The van der Waals surface area contributed by atoms with Crippen LogP contribution >= 0.6 is 0 Å². The number of amides is 3. The third kappa shape index (κ3) is 2.34. The van der Waals surface area contributed by atoms with Gasteiger partial charge < -0.3 is 4.74 Å². The Morgan fingerprint density at radius 2 is 2.20 bits per heavy atom. The fourth-order valence-electron chi connectivity index (χ4n) is 2.17. The summed E-state index contributed by atoms with van der Waals surface area (Å²) in [5.74, 6) is -0.263. The molecule has 0 radical (unpaired) electrons. The molecule has 1 aromatic carbocycles. The summed E-state index contributed by atoms with van der Waals surface area (Å²) in [4.78, 5) is 22.7. The molecule has 1 saturated heterocycles. The highest BCUT2D eigenvalue weighted by molar-refractivity contribution is 6.06. The number of urea groups is 1. The van der Waals surface area contributed by atoms with E-state index < -0.39 is 17.8 Å². The van der Waals surface area contributed by atoms with Gasteiger partial charge in [-0.1, -0.05) is 0 Å². The third-order valence-electron chi connectivity index (χ3n) is 3.08. The Hall–Kier alpha value is -2.44. The number of benzene rings is 1. The van der Waals surface area contributed by atoms with E-state index in [0.717, 1.165) is 5.01 Å². The molecule has 0 saturated carbocycles. The minimum atomic E-state index is -0.564. The summed E-state index contributed by atoms with van der Waals surface area (Å²) in [7, 11) is 0. The Bertz CT molecular complexity index is 615. The molecule has 104 valence electrons. The maximum atomic E-state index is 13.4. The first-order valence-electron chi connectivity index (χ1n) is 6.25. The average molecular weight is 277 g/mol.